The minimum Gasteiger partial charge on any atom is -0.497 e. The molecule has 9 heteroatoms. The summed E-state index contributed by atoms with van der Waals surface area (Å²) in [5, 5.41) is 0. The van der Waals surface area contributed by atoms with Gasteiger partial charge in [-0.15, -0.1) is 0 Å². The van der Waals surface area contributed by atoms with Crippen molar-refractivity contribution < 1.29 is 21.6 Å². The number of anilines is 1. The zero-order valence-corrected chi connectivity index (χ0v) is 17.7. The Labute approximate surface area is 166 Å². The van der Waals surface area contributed by atoms with Gasteiger partial charge in [-0.05, 0) is 67.3 Å². The highest BCUT2D eigenvalue weighted by molar-refractivity contribution is 7.92. The van der Waals surface area contributed by atoms with Crippen LogP contribution in [-0.2, 0) is 33.0 Å². The average molecular weight is 425 g/mol. The van der Waals surface area contributed by atoms with E-state index in [9.17, 15) is 16.8 Å². The summed E-state index contributed by atoms with van der Waals surface area (Å²) in [5.41, 5.74) is 2.83. The van der Waals surface area contributed by atoms with Crippen LogP contribution >= 0.6 is 0 Å². The van der Waals surface area contributed by atoms with Crippen LogP contribution in [0.15, 0.2) is 41.3 Å². The van der Waals surface area contributed by atoms with Gasteiger partial charge in [0.15, 0.2) is 0 Å². The van der Waals surface area contributed by atoms with Gasteiger partial charge in [0.25, 0.3) is 10.0 Å². The lowest BCUT2D eigenvalue weighted by atomic mass is 10.0. The van der Waals surface area contributed by atoms with E-state index in [-0.39, 0.29) is 17.2 Å². The first-order valence-electron chi connectivity index (χ1n) is 8.93. The van der Waals surface area contributed by atoms with E-state index >= 15 is 0 Å². The second-order valence-corrected chi connectivity index (χ2v) is 10.6. The SMILES string of the molecule is CCS(=O)(=O)N1CCc2ccc(NS(=O)(=O)c3ccc(OC)cc3C)cc2C1. The molecule has 1 aliphatic rings. The van der Waals surface area contributed by atoms with Gasteiger partial charge in [-0.1, -0.05) is 6.07 Å². The van der Waals surface area contributed by atoms with E-state index in [1.165, 1.54) is 17.5 Å². The second kappa shape index (κ2) is 7.73. The lowest BCUT2D eigenvalue weighted by molar-refractivity contribution is 0.392. The molecule has 0 spiro atoms. The van der Waals surface area contributed by atoms with Crippen LogP contribution in [-0.4, -0.2) is 40.5 Å². The van der Waals surface area contributed by atoms with E-state index in [0.29, 0.717) is 30.0 Å². The van der Waals surface area contributed by atoms with Gasteiger partial charge in [-0.3, -0.25) is 4.72 Å². The normalized spacial score (nSPS) is 15.1. The minimum absolute atomic E-state index is 0.0470. The van der Waals surface area contributed by atoms with E-state index in [2.05, 4.69) is 4.72 Å². The molecule has 0 unspecified atom stereocenters. The standard InChI is InChI=1S/C19H24N2O5S2/c1-4-27(22,23)21-10-9-15-5-6-17(12-16(15)13-21)20-28(24,25)19-8-7-18(26-3)11-14(19)2/h5-8,11-12,20H,4,9-10,13H2,1-3H3. The Morgan fingerprint density at radius 2 is 1.82 bits per heavy atom. The van der Waals surface area contributed by atoms with Crippen molar-refractivity contribution in [3.8, 4) is 5.75 Å². The predicted molar refractivity (Wildman–Crippen MR) is 109 cm³/mol. The van der Waals surface area contributed by atoms with Gasteiger partial charge in [0.1, 0.15) is 5.75 Å². The van der Waals surface area contributed by atoms with Crippen molar-refractivity contribution in [1.82, 2.24) is 4.31 Å². The van der Waals surface area contributed by atoms with Gasteiger partial charge in [0, 0.05) is 18.8 Å². The molecule has 0 aliphatic carbocycles. The van der Waals surface area contributed by atoms with Crippen molar-refractivity contribution >= 4 is 25.7 Å². The van der Waals surface area contributed by atoms with Gasteiger partial charge in [-0.2, -0.15) is 4.31 Å². The van der Waals surface area contributed by atoms with Gasteiger partial charge in [0.05, 0.1) is 17.8 Å². The third-order valence-electron chi connectivity index (χ3n) is 4.87. The maximum Gasteiger partial charge on any atom is 0.262 e. The number of nitrogens with one attached hydrogen (secondary N) is 1. The first kappa shape index (κ1) is 20.6. The summed E-state index contributed by atoms with van der Waals surface area (Å²) >= 11 is 0. The van der Waals surface area contributed by atoms with Crippen molar-refractivity contribution in [2.24, 2.45) is 0 Å². The second-order valence-electron chi connectivity index (χ2n) is 6.70. The number of nitrogens with zero attached hydrogens (tertiary/aromatic N) is 1. The van der Waals surface area contributed by atoms with Gasteiger partial charge in [0.2, 0.25) is 10.0 Å². The van der Waals surface area contributed by atoms with Gasteiger partial charge < -0.3 is 4.74 Å². The fourth-order valence-electron chi connectivity index (χ4n) is 3.28. The molecular formula is C19H24N2O5S2. The molecule has 0 saturated carbocycles. The molecule has 0 aromatic heterocycles. The molecule has 2 aromatic rings. The Balaban J connectivity index is 1.87. The van der Waals surface area contributed by atoms with Crippen LogP contribution in [0.25, 0.3) is 0 Å². The van der Waals surface area contributed by atoms with Crippen LogP contribution in [0.1, 0.15) is 23.6 Å². The molecule has 0 fully saturated rings. The Kier molecular flexibility index (Phi) is 5.69. The van der Waals surface area contributed by atoms with Crippen LogP contribution in [0.2, 0.25) is 0 Å². The summed E-state index contributed by atoms with van der Waals surface area (Å²) < 4.78 is 59.1. The minimum atomic E-state index is -3.78. The van der Waals surface area contributed by atoms with Crippen molar-refractivity contribution in [2.75, 3.05) is 24.1 Å². The molecule has 0 bridgehead atoms. The maximum absolute atomic E-state index is 12.8. The number of ether oxygens (including phenoxy) is 1. The molecule has 1 aliphatic heterocycles. The molecule has 152 valence electrons. The first-order valence-corrected chi connectivity index (χ1v) is 12.0. The smallest absolute Gasteiger partial charge is 0.262 e. The maximum atomic E-state index is 12.8. The van der Waals surface area contributed by atoms with E-state index < -0.39 is 20.0 Å². The van der Waals surface area contributed by atoms with Crippen molar-refractivity contribution in [3.05, 3.63) is 53.1 Å². The fourth-order valence-corrected chi connectivity index (χ4v) is 5.62. The van der Waals surface area contributed by atoms with Crippen LogP contribution < -0.4 is 9.46 Å². The van der Waals surface area contributed by atoms with Crippen LogP contribution in [0.4, 0.5) is 5.69 Å². The molecule has 0 atom stereocenters. The highest BCUT2D eigenvalue weighted by Gasteiger charge is 2.26. The number of methoxy groups -OCH3 is 1. The molecule has 0 amide bonds. The number of benzene rings is 2. The summed E-state index contributed by atoms with van der Waals surface area (Å²) in [6, 6.07) is 10.0. The third kappa shape index (κ3) is 4.16. The summed E-state index contributed by atoms with van der Waals surface area (Å²) in [6.07, 6.45) is 0.610. The highest BCUT2D eigenvalue weighted by atomic mass is 32.2. The topological polar surface area (TPSA) is 92.8 Å². The number of sulfonamides is 2. The molecule has 2 aromatic carbocycles. The number of aryl methyl sites for hydroxylation is 1. The molecule has 28 heavy (non-hydrogen) atoms. The predicted octanol–water partition coefficient (Wildman–Crippen LogP) is 2.51. The Bertz CT molecular complexity index is 1100. The first-order chi connectivity index (χ1) is 13.2. The zero-order chi connectivity index (χ0) is 20.5. The van der Waals surface area contributed by atoms with Gasteiger partial charge in [-0.25, -0.2) is 16.8 Å². The van der Waals surface area contributed by atoms with Crippen LogP contribution in [0.3, 0.4) is 0 Å². The number of hydrogen-bond acceptors (Lipinski definition) is 5. The number of hydrogen-bond donors (Lipinski definition) is 1. The van der Waals surface area contributed by atoms with Crippen molar-refractivity contribution in [1.29, 1.82) is 0 Å². The van der Waals surface area contributed by atoms with E-state index in [4.69, 9.17) is 4.74 Å². The van der Waals surface area contributed by atoms with E-state index in [0.717, 1.165) is 11.1 Å². The lowest BCUT2D eigenvalue weighted by Crippen LogP contribution is -2.36. The summed E-state index contributed by atoms with van der Waals surface area (Å²) in [6.45, 7) is 4.02. The Morgan fingerprint density at radius 3 is 2.46 bits per heavy atom. The average Bonchev–Trinajstić information content (AvgIpc) is 2.66. The fraction of sp³-hybridized carbons (Fsp3) is 0.368. The molecule has 0 saturated heterocycles. The number of rotatable bonds is 6. The third-order valence-corrected chi connectivity index (χ3v) is 8.24. The molecule has 0 radical (unpaired) electrons. The van der Waals surface area contributed by atoms with E-state index in [1.54, 1.807) is 38.1 Å². The van der Waals surface area contributed by atoms with E-state index in [1.807, 2.05) is 6.07 Å². The molecule has 7 nitrogen and oxygen atoms in total. The molecule has 1 heterocycles. The van der Waals surface area contributed by atoms with Crippen molar-refractivity contribution in [2.45, 2.75) is 31.7 Å². The summed E-state index contributed by atoms with van der Waals surface area (Å²) in [5.74, 6) is 0.633. The summed E-state index contributed by atoms with van der Waals surface area (Å²) in [4.78, 5) is 0.168. The van der Waals surface area contributed by atoms with Gasteiger partial charge >= 0.3 is 0 Å². The molecular weight excluding hydrogens is 400 g/mol. The largest absolute Gasteiger partial charge is 0.497 e. The number of fused-ring (bicyclic) bond motifs is 1. The van der Waals surface area contributed by atoms with Crippen molar-refractivity contribution in [3.63, 3.8) is 0 Å². The summed E-state index contributed by atoms with van der Waals surface area (Å²) in [7, 11) is -5.54. The lowest BCUT2D eigenvalue weighted by Gasteiger charge is -2.28. The highest BCUT2D eigenvalue weighted by Crippen LogP contribution is 2.27. The zero-order valence-electron chi connectivity index (χ0n) is 16.1. The Hall–Kier alpha value is -2.10. The Morgan fingerprint density at radius 1 is 1.07 bits per heavy atom. The molecule has 3 rings (SSSR count). The molecule has 1 N–H and O–H groups in total. The van der Waals surface area contributed by atoms with Crippen LogP contribution in [0.5, 0.6) is 5.75 Å². The monoisotopic (exact) mass is 424 g/mol. The quantitative estimate of drug-likeness (QED) is 0.769. The van der Waals surface area contributed by atoms with Crippen LogP contribution in [0, 0.1) is 6.92 Å².